The highest BCUT2D eigenvalue weighted by molar-refractivity contribution is 7.17. The molecule has 0 spiro atoms. The molecule has 0 saturated carbocycles. The first-order chi connectivity index (χ1) is 12.1. The number of aryl methyl sites for hydroxylation is 1. The van der Waals surface area contributed by atoms with Gasteiger partial charge in [0, 0.05) is 6.54 Å². The molecule has 4 aromatic rings. The van der Waals surface area contributed by atoms with Crippen LogP contribution in [-0.4, -0.2) is 18.7 Å². The monoisotopic (exact) mass is 358 g/mol. The minimum absolute atomic E-state index is 0.137. The van der Waals surface area contributed by atoms with Crippen molar-refractivity contribution in [2.75, 3.05) is 0 Å². The van der Waals surface area contributed by atoms with E-state index in [9.17, 15) is 14.0 Å². The highest BCUT2D eigenvalue weighted by Gasteiger charge is 2.18. The van der Waals surface area contributed by atoms with Crippen LogP contribution in [0.2, 0.25) is 0 Å². The molecule has 3 heterocycles. The third-order valence-corrected chi connectivity index (χ3v) is 4.95. The average Bonchev–Trinajstić information content (AvgIpc) is 3.17. The van der Waals surface area contributed by atoms with Crippen LogP contribution in [0.5, 0.6) is 0 Å². The van der Waals surface area contributed by atoms with Crippen molar-refractivity contribution >= 4 is 27.3 Å². The number of aromatic nitrogens is 4. The number of thiophene rings is 1. The van der Waals surface area contributed by atoms with Crippen LogP contribution < -0.4 is 11.2 Å². The van der Waals surface area contributed by atoms with Crippen molar-refractivity contribution in [2.24, 2.45) is 0 Å². The second kappa shape index (κ2) is 5.96. The maximum absolute atomic E-state index is 13.4. The molecule has 0 amide bonds. The van der Waals surface area contributed by atoms with E-state index in [-0.39, 0.29) is 23.6 Å². The number of hydrogen-bond donors (Lipinski definition) is 0. The number of benzene rings is 1. The molecule has 25 heavy (non-hydrogen) atoms. The first kappa shape index (κ1) is 15.8. The molecule has 6 nitrogen and oxygen atoms in total. The normalized spacial score (nSPS) is 11.6. The lowest BCUT2D eigenvalue weighted by molar-refractivity contribution is 0.613. The fourth-order valence-corrected chi connectivity index (χ4v) is 3.79. The van der Waals surface area contributed by atoms with Crippen molar-refractivity contribution in [3.05, 3.63) is 67.9 Å². The largest absolute Gasteiger partial charge is 0.352 e. The third kappa shape index (κ3) is 2.49. The van der Waals surface area contributed by atoms with E-state index < -0.39 is 0 Å². The molecule has 0 unspecified atom stereocenters. The molecule has 0 N–H and O–H groups in total. The summed E-state index contributed by atoms with van der Waals surface area (Å²) in [5, 5.41) is 6.15. The Morgan fingerprint density at radius 1 is 1.24 bits per heavy atom. The van der Waals surface area contributed by atoms with Crippen molar-refractivity contribution < 1.29 is 4.39 Å². The van der Waals surface area contributed by atoms with Gasteiger partial charge in [-0.15, -0.1) is 16.4 Å². The van der Waals surface area contributed by atoms with Gasteiger partial charge in [0.05, 0.1) is 12.1 Å². The molecule has 128 valence electrons. The van der Waals surface area contributed by atoms with Crippen LogP contribution in [0, 0.1) is 5.82 Å². The van der Waals surface area contributed by atoms with Crippen molar-refractivity contribution in [1.82, 2.24) is 18.7 Å². The summed E-state index contributed by atoms with van der Waals surface area (Å²) in [6.07, 6.45) is 0.747. The number of rotatable bonds is 4. The van der Waals surface area contributed by atoms with Gasteiger partial charge < -0.3 is 0 Å². The highest BCUT2D eigenvalue weighted by atomic mass is 32.1. The molecule has 0 bridgehead atoms. The first-order valence-electron chi connectivity index (χ1n) is 7.94. The quantitative estimate of drug-likeness (QED) is 0.563. The van der Waals surface area contributed by atoms with Gasteiger partial charge in [0.2, 0.25) is 5.78 Å². The summed E-state index contributed by atoms with van der Waals surface area (Å²) in [5.74, 6) is -0.0448. The lowest BCUT2D eigenvalue weighted by Crippen LogP contribution is -2.25. The predicted molar refractivity (Wildman–Crippen MR) is 94.9 cm³/mol. The molecule has 1 aromatic carbocycles. The smallest absolute Gasteiger partial charge is 0.276 e. The van der Waals surface area contributed by atoms with Crippen LogP contribution in [-0.2, 0) is 13.1 Å². The predicted octanol–water partition coefficient (Wildman–Crippen LogP) is 2.47. The van der Waals surface area contributed by atoms with Crippen molar-refractivity contribution in [3.63, 3.8) is 0 Å². The van der Waals surface area contributed by atoms with Gasteiger partial charge in [0.25, 0.3) is 5.56 Å². The molecule has 0 radical (unpaired) electrons. The highest BCUT2D eigenvalue weighted by Crippen LogP contribution is 2.17. The summed E-state index contributed by atoms with van der Waals surface area (Å²) in [6.45, 7) is 2.58. The van der Waals surface area contributed by atoms with Crippen LogP contribution in [0.4, 0.5) is 4.39 Å². The lowest BCUT2D eigenvalue weighted by Gasteiger charge is -2.05. The summed E-state index contributed by atoms with van der Waals surface area (Å²) >= 11 is 1.31. The van der Waals surface area contributed by atoms with Gasteiger partial charge in [-0.2, -0.15) is 0 Å². The third-order valence-electron chi connectivity index (χ3n) is 4.06. The SMILES string of the molecule is CCCn1c(=O)c2sccc2n2c(=O)n(Cc3cccc(F)c3)nc12. The Bertz CT molecular complexity index is 1200. The molecular weight excluding hydrogens is 343 g/mol. The van der Waals surface area contributed by atoms with Crippen LogP contribution in [0.15, 0.2) is 45.3 Å². The Morgan fingerprint density at radius 3 is 2.84 bits per heavy atom. The summed E-state index contributed by atoms with van der Waals surface area (Å²) in [7, 11) is 0. The molecule has 4 rings (SSSR count). The van der Waals surface area contributed by atoms with E-state index in [1.807, 2.05) is 6.92 Å². The number of halogens is 1. The van der Waals surface area contributed by atoms with E-state index in [0.717, 1.165) is 6.42 Å². The van der Waals surface area contributed by atoms with Gasteiger partial charge >= 0.3 is 5.69 Å². The Labute approximate surface area is 145 Å². The zero-order valence-electron chi connectivity index (χ0n) is 13.5. The van der Waals surface area contributed by atoms with E-state index in [1.165, 1.54) is 37.1 Å². The van der Waals surface area contributed by atoms with E-state index in [0.29, 0.717) is 28.1 Å². The van der Waals surface area contributed by atoms with Gasteiger partial charge in [-0.1, -0.05) is 19.1 Å². The molecule has 0 aliphatic heterocycles. The standard InChI is InChI=1S/C17H15FN4O2S/c1-2-7-20-15(23)14-13(6-8-25-14)22-16(20)19-21(17(22)24)10-11-4-3-5-12(18)9-11/h3-6,8-9H,2,7,10H2,1H3. The Kier molecular flexibility index (Phi) is 3.76. The molecule has 0 atom stereocenters. The van der Waals surface area contributed by atoms with E-state index in [1.54, 1.807) is 23.6 Å². The van der Waals surface area contributed by atoms with Crippen LogP contribution in [0.3, 0.4) is 0 Å². The summed E-state index contributed by atoms with van der Waals surface area (Å²) < 4.78 is 18.2. The minimum Gasteiger partial charge on any atom is -0.276 e. The summed E-state index contributed by atoms with van der Waals surface area (Å²) in [5.41, 5.74) is 0.721. The Balaban J connectivity index is 1.99. The Morgan fingerprint density at radius 2 is 2.08 bits per heavy atom. The Hall–Kier alpha value is -2.74. The molecule has 0 aliphatic carbocycles. The van der Waals surface area contributed by atoms with E-state index in [4.69, 9.17) is 0 Å². The van der Waals surface area contributed by atoms with Gasteiger partial charge in [0.1, 0.15) is 10.5 Å². The van der Waals surface area contributed by atoms with Crippen LogP contribution in [0.1, 0.15) is 18.9 Å². The fraction of sp³-hybridized carbons (Fsp3) is 0.235. The van der Waals surface area contributed by atoms with Crippen LogP contribution >= 0.6 is 11.3 Å². The molecular formula is C17H15FN4O2S. The number of nitrogens with zero attached hydrogens (tertiary/aromatic N) is 4. The minimum atomic E-state index is -0.363. The van der Waals surface area contributed by atoms with Crippen molar-refractivity contribution in [3.8, 4) is 0 Å². The fourth-order valence-electron chi connectivity index (χ4n) is 2.97. The van der Waals surface area contributed by atoms with Gasteiger partial charge in [-0.3, -0.25) is 9.36 Å². The molecule has 0 aliphatic rings. The van der Waals surface area contributed by atoms with Gasteiger partial charge in [-0.05, 0) is 35.6 Å². The number of hydrogen-bond acceptors (Lipinski definition) is 4. The summed E-state index contributed by atoms with van der Waals surface area (Å²) in [4.78, 5) is 25.5. The number of fused-ring (bicyclic) bond motifs is 3. The molecule has 0 fully saturated rings. The molecule has 0 saturated heterocycles. The maximum atomic E-state index is 13.4. The van der Waals surface area contributed by atoms with E-state index >= 15 is 0 Å². The molecule has 3 aromatic heterocycles. The van der Waals surface area contributed by atoms with Crippen LogP contribution in [0.25, 0.3) is 16.0 Å². The molecule has 8 heteroatoms. The second-order valence-corrected chi connectivity index (χ2v) is 6.71. The lowest BCUT2D eigenvalue weighted by atomic mass is 10.2. The zero-order chi connectivity index (χ0) is 17.6. The maximum Gasteiger partial charge on any atom is 0.352 e. The van der Waals surface area contributed by atoms with Gasteiger partial charge in [-0.25, -0.2) is 18.3 Å². The average molecular weight is 358 g/mol. The second-order valence-electron chi connectivity index (χ2n) is 5.80. The topological polar surface area (TPSA) is 61.3 Å². The van der Waals surface area contributed by atoms with Crippen molar-refractivity contribution in [2.45, 2.75) is 26.4 Å². The first-order valence-corrected chi connectivity index (χ1v) is 8.82. The summed E-state index contributed by atoms with van der Waals surface area (Å²) in [6, 6.07) is 7.80. The van der Waals surface area contributed by atoms with Crippen molar-refractivity contribution in [1.29, 1.82) is 0 Å². The van der Waals surface area contributed by atoms with E-state index in [2.05, 4.69) is 5.10 Å². The van der Waals surface area contributed by atoms with Gasteiger partial charge in [0.15, 0.2) is 0 Å². The zero-order valence-corrected chi connectivity index (χ0v) is 14.3.